The van der Waals surface area contributed by atoms with E-state index < -0.39 is 5.97 Å². The number of aromatic nitrogens is 3. The second-order valence-corrected chi connectivity index (χ2v) is 6.04. The van der Waals surface area contributed by atoms with Crippen molar-refractivity contribution in [3.8, 4) is 5.88 Å². The van der Waals surface area contributed by atoms with Gasteiger partial charge in [-0.25, -0.2) is 9.89 Å². The average Bonchev–Trinajstić information content (AvgIpc) is 2.83. The summed E-state index contributed by atoms with van der Waals surface area (Å²) in [5.41, 5.74) is 1.18. The summed E-state index contributed by atoms with van der Waals surface area (Å²) < 4.78 is 5.53. The number of carboxylic acids is 1. The summed E-state index contributed by atoms with van der Waals surface area (Å²) in [6.07, 6.45) is 19.5. The van der Waals surface area contributed by atoms with Crippen molar-refractivity contribution in [3.05, 3.63) is 53.5 Å². The first-order chi connectivity index (χ1) is 11.7. The Hall–Kier alpha value is -2.63. The van der Waals surface area contributed by atoms with Crippen LogP contribution in [0.2, 0.25) is 0 Å². The van der Waals surface area contributed by atoms with Crippen molar-refractivity contribution in [2.24, 2.45) is 5.92 Å². The maximum Gasteiger partial charge on any atom is 0.359 e. The average molecular weight is 327 g/mol. The van der Waals surface area contributed by atoms with E-state index in [4.69, 9.17) is 9.84 Å². The van der Waals surface area contributed by atoms with E-state index in [9.17, 15) is 4.79 Å². The van der Waals surface area contributed by atoms with Crippen molar-refractivity contribution in [3.63, 3.8) is 0 Å². The number of allylic oxidation sites excluding steroid dienone is 7. The zero-order valence-corrected chi connectivity index (χ0v) is 13.4. The molecule has 1 heterocycles. The van der Waals surface area contributed by atoms with E-state index in [0.717, 1.165) is 0 Å². The van der Waals surface area contributed by atoms with E-state index >= 15 is 0 Å². The maximum absolute atomic E-state index is 11.0. The third-order valence-electron chi connectivity index (χ3n) is 4.37. The molecule has 126 valence electrons. The number of hydrogen-bond acceptors (Lipinski definition) is 4. The Kier molecular flexibility index (Phi) is 5.25. The molecule has 1 fully saturated rings. The highest BCUT2D eigenvalue weighted by Gasteiger charge is 2.17. The number of H-pyrrole nitrogens is 1. The molecule has 0 atom stereocenters. The van der Waals surface area contributed by atoms with Crippen LogP contribution in [0.5, 0.6) is 5.88 Å². The molecule has 1 aromatic rings. The number of rotatable bonds is 4. The van der Waals surface area contributed by atoms with Crippen LogP contribution in [-0.2, 0) is 0 Å². The van der Waals surface area contributed by atoms with Crippen LogP contribution in [0.15, 0.2) is 47.8 Å². The van der Waals surface area contributed by atoms with E-state index in [1.807, 2.05) is 12.2 Å². The molecule has 0 amide bonds. The minimum Gasteiger partial charge on any atom is -0.476 e. The molecule has 0 aliphatic heterocycles. The summed E-state index contributed by atoms with van der Waals surface area (Å²) in [6.45, 7) is 0. The van der Waals surface area contributed by atoms with Crippen molar-refractivity contribution >= 4 is 5.97 Å². The first-order valence-corrected chi connectivity index (χ1v) is 8.33. The van der Waals surface area contributed by atoms with Crippen LogP contribution in [-0.4, -0.2) is 26.5 Å². The number of aromatic carboxylic acids is 1. The molecular weight excluding hydrogens is 306 g/mol. The smallest absolute Gasteiger partial charge is 0.359 e. The van der Waals surface area contributed by atoms with Gasteiger partial charge in [0.15, 0.2) is 0 Å². The van der Waals surface area contributed by atoms with Gasteiger partial charge in [0, 0.05) is 0 Å². The Bertz CT molecular complexity index is 705. The molecule has 2 aliphatic carbocycles. The predicted molar refractivity (Wildman–Crippen MR) is 89.6 cm³/mol. The molecule has 24 heavy (non-hydrogen) atoms. The molecule has 0 saturated heterocycles. The lowest BCUT2D eigenvalue weighted by Gasteiger charge is -2.15. The number of nitrogens with one attached hydrogen (secondary N) is 1. The van der Waals surface area contributed by atoms with Crippen LogP contribution >= 0.6 is 0 Å². The maximum atomic E-state index is 11.0. The number of hydrogen-bond donors (Lipinski definition) is 2. The second-order valence-electron chi connectivity index (χ2n) is 6.04. The highest BCUT2D eigenvalue weighted by atomic mass is 16.5. The lowest BCUT2D eigenvalue weighted by molar-refractivity contribution is 0.0687. The Balaban J connectivity index is 1.69. The zero-order valence-electron chi connectivity index (χ0n) is 13.4. The van der Waals surface area contributed by atoms with Gasteiger partial charge in [0.05, 0.1) is 0 Å². The predicted octanol–water partition coefficient (Wildman–Crippen LogP) is 3.79. The topological polar surface area (TPSA) is 88.1 Å². The van der Waals surface area contributed by atoms with Crippen LogP contribution in [0.25, 0.3) is 0 Å². The van der Waals surface area contributed by atoms with Crippen LogP contribution in [0.1, 0.15) is 49.0 Å². The fourth-order valence-electron chi connectivity index (χ4n) is 3.11. The first kappa shape index (κ1) is 16.2. The van der Waals surface area contributed by atoms with Gasteiger partial charge in [0.1, 0.15) is 5.76 Å². The van der Waals surface area contributed by atoms with Crippen molar-refractivity contribution in [1.82, 2.24) is 15.4 Å². The highest BCUT2D eigenvalue weighted by Crippen LogP contribution is 2.30. The number of ether oxygens (including phenoxy) is 1. The third-order valence-corrected chi connectivity index (χ3v) is 4.37. The normalized spacial score (nSPS) is 26.0. The van der Waals surface area contributed by atoms with Gasteiger partial charge in [0.2, 0.25) is 5.69 Å². The SMILES string of the molecule is O=C(O)c1[nH]nnc1OC1=C/C=C\C(C2CCCCCC2)=C/C=C\1. The summed E-state index contributed by atoms with van der Waals surface area (Å²) in [7, 11) is 0. The lowest BCUT2D eigenvalue weighted by Crippen LogP contribution is -2.03. The summed E-state index contributed by atoms with van der Waals surface area (Å²) in [5.74, 6) is -0.0610. The minimum absolute atomic E-state index is 0.0413. The van der Waals surface area contributed by atoms with Crippen LogP contribution in [0.4, 0.5) is 0 Å². The van der Waals surface area contributed by atoms with E-state index in [1.165, 1.54) is 44.1 Å². The standard InChI is InChI=1S/C18H21N3O3/c22-18(23)16-17(20-21-19-16)24-15-11-5-9-14(10-6-12-15)13-7-3-1-2-4-8-13/h5-6,9-13H,1-4,7-8H2,(H,22,23)(H,19,20,21)/b9-5-,10-6?,11-5?,12-6-,14-9?,14-10+,15-11+,15-12?. The van der Waals surface area contributed by atoms with E-state index in [2.05, 4.69) is 27.6 Å². The quantitative estimate of drug-likeness (QED) is 0.821. The molecule has 0 spiro atoms. The molecule has 1 saturated carbocycles. The molecule has 0 aromatic carbocycles. The van der Waals surface area contributed by atoms with Crippen LogP contribution < -0.4 is 4.74 Å². The van der Waals surface area contributed by atoms with E-state index in [1.54, 1.807) is 12.2 Å². The van der Waals surface area contributed by atoms with Crippen molar-refractivity contribution in [2.75, 3.05) is 0 Å². The second kappa shape index (κ2) is 7.77. The molecule has 2 aliphatic rings. The lowest BCUT2D eigenvalue weighted by atomic mass is 9.90. The molecule has 1 aromatic heterocycles. The fourth-order valence-corrected chi connectivity index (χ4v) is 3.11. The highest BCUT2D eigenvalue weighted by molar-refractivity contribution is 5.87. The summed E-state index contributed by atoms with van der Waals surface area (Å²) in [4.78, 5) is 11.0. The number of nitrogens with zero attached hydrogens (tertiary/aromatic N) is 2. The van der Waals surface area contributed by atoms with Crippen LogP contribution in [0, 0.1) is 5.92 Å². The number of carboxylic acid groups (broad SMARTS) is 1. The first-order valence-electron chi connectivity index (χ1n) is 8.33. The molecule has 6 heteroatoms. The van der Waals surface area contributed by atoms with Gasteiger partial charge >= 0.3 is 5.97 Å². The van der Waals surface area contributed by atoms with E-state index in [0.29, 0.717) is 11.7 Å². The van der Waals surface area contributed by atoms with Crippen LogP contribution in [0.3, 0.4) is 0 Å². The van der Waals surface area contributed by atoms with Gasteiger partial charge < -0.3 is 9.84 Å². The van der Waals surface area contributed by atoms with Gasteiger partial charge in [0.25, 0.3) is 5.88 Å². The number of carbonyl (C=O) groups is 1. The Morgan fingerprint density at radius 3 is 2.62 bits per heavy atom. The largest absolute Gasteiger partial charge is 0.476 e. The van der Waals surface area contributed by atoms with E-state index in [-0.39, 0.29) is 11.6 Å². The molecule has 0 radical (unpaired) electrons. The minimum atomic E-state index is -1.16. The molecule has 2 N–H and O–H groups in total. The summed E-state index contributed by atoms with van der Waals surface area (Å²) >= 11 is 0. The Labute approximate surface area is 140 Å². The molecule has 0 unspecified atom stereocenters. The summed E-state index contributed by atoms with van der Waals surface area (Å²) in [5, 5.41) is 18.5. The van der Waals surface area contributed by atoms with Gasteiger partial charge in [-0.3, -0.25) is 0 Å². The van der Waals surface area contributed by atoms with Gasteiger partial charge in [-0.1, -0.05) is 60.3 Å². The molecule has 3 rings (SSSR count). The Morgan fingerprint density at radius 1 is 1.12 bits per heavy atom. The molecular formula is C18H21N3O3. The monoisotopic (exact) mass is 327 g/mol. The zero-order chi connectivity index (χ0) is 16.8. The van der Waals surface area contributed by atoms with Gasteiger partial charge in [-0.2, -0.15) is 0 Å². The Morgan fingerprint density at radius 2 is 1.88 bits per heavy atom. The van der Waals surface area contributed by atoms with Crippen molar-refractivity contribution < 1.29 is 14.6 Å². The fraction of sp³-hybridized carbons (Fsp3) is 0.389. The van der Waals surface area contributed by atoms with Crippen molar-refractivity contribution in [2.45, 2.75) is 38.5 Å². The molecule has 0 bridgehead atoms. The van der Waals surface area contributed by atoms with Crippen molar-refractivity contribution in [1.29, 1.82) is 0 Å². The number of aromatic amines is 1. The molecule has 6 nitrogen and oxygen atoms in total. The van der Waals surface area contributed by atoms with Gasteiger partial charge in [-0.15, -0.1) is 0 Å². The van der Waals surface area contributed by atoms with Gasteiger partial charge in [-0.05, 0) is 36.5 Å². The third kappa shape index (κ3) is 4.01. The summed E-state index contributed by atoms with van der Waals surface area (Å²) in [6, 6.07) is 0.